The van der Waals surface area contributed by atoms with Gasteiger partial charge < -0.3 is 10.2 Å². The van der Waals surface area contributed by atoms with E-state index in [-0.39, 0.29) is 23.4 Å². The predicted molar refractivity (Wildman–Crippen MR) is 147 cm³/mol. The van der Waals surface area contributed by atoms with Crippen LogP contribution in [-0.2, 0) is 26.2 Å². The maximum Gasteiger partial charge on any atom is 0.264 e. The van der Waals surface area contributed by atoms with E-state index in [1.807, 2.05) is 20.8 Å². The highest BCUT2D eigenvalue weighted by Crippen LogP contribution is 2.25. The number of hydrogen-bond donors (Lipinski definition) is 1. The molecule has 1 atom stereocenters. The van der Waals surface area contributed by atoms with Gasteiger partial charge in [0.2, 0.25) is 11.8 Å². The van der Waals surface area contributed by atoms with Crippen LogP contribution in [0.2, 0.25) is 5.02 Å². The number of sulfonamides is 1. The molecule has 3 aromatic rings. The van der Waals surface area contributed by atoms with Gasteiger partial charge in [-0.3, -0.25) is 13.9 Å². The van der Waals surface area contributed by atoms with Crippen molar-refractivity contribution in [2.45, 2.75) is 51.2 Å². The van der Waals surface area contributed by atoms with Crippen LogP contribution in [0.4, 0.5) is 5.69 Å². The summed E-state index contributed by atoms with van der Waals surface area (Å²) in [5, 5.41) is 3.28. The molecule has 0 radical (unpaired) electrons. The average Bonchev–Trinajstić information content (AvgIpc) is 2.87. The number of anilines is 1. The second-order valence-corrected chi connectivity index (χ2v) is 11.4. The molecule has 196 valence electrons. The third-order valence-electron chi connectivity index (χ3n) is 5.83. The van der Waals surface area contributed by atoms with Gasteiger partial charge in [-0.2, -0.15) is 0 Å². The Morgan fingerprint density at radius 2 is 1.49 bits per heavy atom. The highest BCUT2D eigenvalue weighted by Gasteiger charge is 2.32. The Labute approximate surface area is 224 Å². The highest BCUT2D eigenvalue weighted by atomic mass is 35.5. The molecule has 3 rings (SSSR count). The fraction of sp³-hybridized carbons (Fsp3) is 0.286. The normalized spacial score (nSPS) is 12.2. The zero-order chi connectivity index (χ0) is 27.2. The van der Waals surface area contributed by atoms with Crippen molar-refractivity contribution in [3.8, 4) is 0 Å². The van der Waals surface area contributed by atoms with E-state index in [0.29, 0.717) is 16.3 Å². The lowest BCUT2D eigenvalue weighted by Gasteiger charge is -2.32. The number of aryl methyl sites for hydroxylation is 1. The SMILES string of the molecule is Cc1ccc(N(CC(=O)N(Cc2ccccc2Cl)C(C)C(=O)NC(C)C)S(=O)(=O)c2ccccc2)cc1. The van der Waals surface area contributed by atoms with E-state index in [9.17, 15) is 18.0 Å². The number of carbonyl (C=O) groups is 2. The molecule has 0 bridgehead atoms. The van der Waals surface area contributed by atoms with Crippen molar-refractivity contribution >= 4 is 39.1 Å². The maximum absolute atomic E-state index is 13.8. The number of nitrogens with zero attached hydrogens (tertiary/aromatic N) is 2. The van der Waals surface area contributed by atoms with E-state index < -0.39 is 28.5 Å². The minimum atomic E-state index is -4.08. The van der Waals surface area contributed by atoms with Gasteiger partial charge >= 0.3 is 0 Å². The Kier molecular flexibility index (Phi) is 9.34. The van der Waals surface area contributed by atoms with Gasteiger partial charge in [-0.1, -0.05) is 65.7 Å². The van der Waals surface area contributed by atoms with Crippen LogP contribution in [0, 0.1) is 6.92 Å². The number of hydrogen-bond acceptors (Lipinski definition) is 4. The lowest BCUT2D eigenvalue weighted by atomic mass is 10.1. The van der Waals surface area contributed by atoms with Gasteiger partial charge in [-0.25, -0.2) is 8.42 Å². The number of halogens is 1. The maximum atomic E-state index is 13.8. The van der Waals surface area contributed by atoms with Crippen LogP contribution in [0.3, 0.4) is 0 Å². The molecule has 7 nitrogen and oxygen atoms in total. The molecular weight excluding hydrogens is 510 g/mol. The van der Waals surface area contributed by atoms with Crippen LogP contribution in [0.25, 0.3) is 0 Å². The Balaban J connectivity index is 2.02. The second kappa shape index (κ2) is 12.3. The van der Waals surface area contributed by atoms with E-state index in [0.717, 1.165) is 9.87 Å². The molecule has 0 aromatic heterocycles. The summed E-state index contributed by atoms with van der Waals surface area (Å²) in [6.45, 7) is 6.72. The monoisotopic (exact) mass is 541 g/mol. The molecule has 0 saturated heterocycles. The molecule has 0 fully saturated rings. The predicted octanol–water partition coefficient (Wildman–Crippen LogP) is 4.79. The van der Waals surface area contributed by atoms with Crippen molar-refractivity contribution in [3.05, 3.63) is 95.0 Å². The van der Waals surface area contributed by atoms with Gasteiger partial charge in [-0.05, 0) is 63.6 Å². The van der Waals surface area contributed by atoms with Crippen molar-refractivity contribution < 1.29 is 18.0 Å². The van der Waals surface area contributed by atoms with Crippen LogP contribution in [-0.4, -0.2) is 43.8 Å². The minimum absolute atomic E-state index is 0.0400. The fourth-order valence-corrected chi connectivity index (χ4v) is 5.39. The van der Waals surface area contributed by atoms with Crippen LogP contribution in [0.5, 0.6) is 0 Å². The van der Waals surface area contributed by atoms with E-state index in [2.05, 4.69) is 5.32 Å². The molecule has 0 saturated carbocycles. The summed E-state index contributed by atoms with van der Waals surface area (Å²) in [5.41, 5.74) is 1.95. The summed E-state index contributed by atoms with van der Waals surface area (Å²) >= 11 is 6.37. The van der Waals surface area contributed by atoms with Gasteiger partial charge in [0.05, 0.1) is 10.6 Å². The number of rotatable bonds is 10. The van der Waals surface area contributed by atoms with Crippen LogP contribution < -0.4 is 9.62 Å². The topological polar surface area (TPSA) is 86.8 Å². The summed E-state index contributed by atoms with van der Waals surface area (Å²) in [4.78, 5) is 28.2. The summed E-state index contributed by atoms with van der Waals surface area (Å²) < 4.78 is 28.5. The molecule has 0 heterocycles. The summed E-state index contributed by atoms with van der Waals surface area (Å²) in [5.74, 6) is -0.880. The first kappa shape index (κ1) is 28.2. The molecule has 0 aliphatic carbocycles. The average molecular weight is 542 g/mol. The lowest BCUT2D eigenvalue weighted by Crippen LogP contribution is -2.52. The van der Waals surface area contributed by atoms with Gasteiger partial charge in [0.1, 0.15) is 12.6 Å². The zero-order valence-corrected chi connectivity index (χ0v) is 23.0. The van der Waals surface area contributed by atoms with Gasteiger partial charge in [0.25, 0.3) is 10.0 Å². The molecule has 1 unspecified atom stereocenters. The van der Waals surface area contributed by atoms with Crippen LogP contribution in [0.15, 0.2) is 83.8 Å². The van der Waals surface area contributed by atoms with Crippen molar-refractivity contribution in [2.24, 2.45) is 0 Å². The van der Waals surface area contributed by atoms with E-state index in [1.54, 1.807) is 73.7 Å². The van der Waals surface area contributed by atoms with Crippen LogP contribution in [0.1, 0.15) is 31.9 Å². The lowest BCUT2D eigenvalue weighted by molar-refractivity contribution is -0.139. The van der Waals surface area contributed by atoms with Crippen molar-refractivity contribution in [2.75, 3.05) is 10.8 Å². The summed E-state index contributed by atoms with van der Waals surface area (Å²) in [7, 11) is -4.08. The Bertz CT molecular complexity index is 1330. The third kappa shape index (κ3) is 7.11. The molecule has 0 aliphatic heterocycles. The molecule has 0 aliphatic rings. The zero-order valence-electron chi connectivity index (χ0n) is 21.4. The molecule has 37 heavy (non-hydrogen) atoms. The van der Waals surface area contributed by atoms with E-state index >= 15 is 0 Å². The molecule has 0 spiro atoms. The third-order valence-corrected chi connectivity index (χ3v) is 7.99. The van der Waals surface area contributed by atoms with Gasteiger partial charge in [0.15, 0.2) is 0 Å². The molecule has 2 amide bonds. The molecular formula is C28H32ClN3O4S. The first-order chi connectivity index (χ1) is 17.5. The van der Waals surface area contributed by atoms with Crippen molar-refractivity contribution in [3.63, 3.8) is 0 Å². The molecule has 1 N–H and O–H groups in total. The molecule has 9 heteroatoms. The first-order valence-electron chi connectivity index (χ1n) is 12.0. The largest absolute Gasteiger partial charge is 0.352 e. The Morgan fingerprint density at radius 3 is 2.08 bits per heavy atom. The minimum Gasteiger partial charge on any atom is -0.352 e. The summed E-state index contributed by atoms with van der Waals surface area (Å²) in [6, 6.07) is 20.9. The number of benzene rings is 3. The standard InChI is InChI=1S/C28H32ClN3O4S/c1-20(2)30-28(34)22(4)31(18-23-10-8-9-13-26(23)29)27(33)19-32(24-16-14-21(3)15-17-24)37(35,36)25-11-6-5-7-12-25/h5-17,20,22H,18-19H2,1-4H3,(H,30,34). The highest BCUT2D eigenvalue weighted by molar-refractivity contribution is 7.92. The van der Waals surface area contributed by atoms with E-state index in [4.69, 9.17) is 11.6 Å². The van der Waals surface area contributed by atoms with Gasteiger partial charge in [-0.15, -0.1) is 0 Å². The quantitative estimate of drug-likeness (QED) is 0.400. The number of nitrogens with one attached hydrogen (secondary N) is 1. The Morgan fingerprint density at radius 1 is 0.892 bits per heavy atom. The van der Waals surface area contributed by atoms with Crippen molar-refractivity contribution in [1.82, 2.24) is 10.2 Å². The first-order valence-corrected chi connectivity index (χ1v) is 13.8. The second-order valence-electron chi connectivity index (χ2n) is 9.11. The van der Waals surface area contributed by atoms with Gasteiger partial charge in [0, 0.05) is 17.6 Å². The fourth-order valence-electron chi connectivity index (χ4n) is 3.76. The summed E-state index contributed by atoms with van der Waals surface area (Å²) in [6.07, 6.45) is 0. The van der Waals surface area contributed by atoms with Crippen LogP contribution >= 0.6 is 11.6 Å². The number of amides is 2. The Hall–Kier alpha value is -3.36. The smallest absolute Gasteiger partial charge is 0.264 e. The molecule has 3 aromatic carbocycles. The van der Waals surface area contributed by atoms with Crippen molar-refractivity contribution in [1.29, 1.82) is 0 Å². The van der Waals surface area contributed by atoms with E-state index in [1.165, 1.54) is 17.0 Å². The number of carbonyl (C=O) groups excluding carboxylic acids is 2.